The first-order chi connectivity index (χ1) is 12.7. The number of hydrogen-bond donors (Lipinski definition) is 1. The van der Waals surface area contributed by atoms with Crippen LogP contribution in [0.15, 0.2) is 53.4 Å². The van der Waals surface area contributed by atoms with Crippen LogP contribution in [0.3, 0.4) is 0 Å². The lowest BCUT2D eigenvalue weighted by molar-refractivity contribution is -0.0586. The van der Waals surface area contributed by atoms with Gasteiger partial charge in [0, 0.05) is 24.3 Å². The number of carbonyl (C=O) groups is 1. The predicted octanol–water partition coefficient (Wildman–Crippen LogP) is 3.05. The van der Waals surface area contributed by atoms with E-state index in [4.69, 9.17) is 4.74 Å². The molecule has 2 aromatic rings. The summed E-state index contributed by atoms with van der Waals surface area (Å²) in [6, 6.07) is 13.3. The number of nitrogens with zero attached hydrogens (tertiary/aromatic N) is 1. The first kappa shape index (κ1) is 19.4. The fourth-order valence-electron chi connectivity index (χ4n) is 3.25. The number of carbonyl (C=O) groups excluding carboxylic acids is 1. The summed E-state index contributed by atoms with van der Waals surface area (Å²) in [6.07, 6.45) is -0.0970. The Bertz CT molecular complexity index is 933. The van der Waals surface area contributed by atoms with Gasteiger partial charge >= 0.3 is 0 Å². The molecule has 0 saturated carbocycles. The number of amides is 1. The SMILES string of the molecule is Cc1cccc(NS(=O)(=O)c2cccc(C(=O)N3C[C@@H](C)O[C@@H](C)C3)c2)c1. The molecule has 27 heavy (non-hydrogen) atoms. The van der Waals surface area contributed by atoms with Crippen molar-refractivity contribution in [1.82, 2.24) is 4.90 Å². The summed E-state index contributed by atoms with van der Waals surface area (Å²) in [5.74, 6) is -0.190. The molecular formula is C20H24N2O4S. The zero-order chi connectivity index (χ0) is 19.6. The lowest BCUT2D eigenvalue weighted by atomic mass is 10.1. The van der Waals surface area contributed by atoms with E-state index >= 15 is 0 Å². The van der Waals surface area contributed by atoms with Crippen molar-refractivity contribution in [3.8, 4) is 0 Å². The van der Waals surface area contributed by atoms with Crippen LogP contribution < -0.4 is 4.72 Å². The molecule has 1 N–H and O–H groups in total. The number of benzene rings is 2. The van der Waals surface area contributed by atoms with Crippen LogP contribution in [-0.2, 0) is 14.8 Å². The monoisotopic (exact) mass is 388 g/mol. The van der Waals surface area contributed by atoms with E-state index in [1.165, 1.54) is 12.1 Å². The molecule has 0 aliphatic carbocycles. The minimum Gasteiger partial charge on any atom is -0.372 e. The fraction of sp³-hybridized carbons (Fsp3) is 0.350. The van der Waals surface area contributed by atoms with Gasteiger partial charge in [0.25, 0.3) is 15.9 Å². The van der Waals surface area contributed by atoms with Gasteiger partial charge in [0.1, 0.15) is 0 Å². The maximum absolute atomic E-state index is 12.8. The smallest absolute Gasteiger partial charge is 0.261 e. The molecule has 0 bridgehead atoms. The number of nitrogens with one attached hydrogen (secondary N) is 1. The molecule has 144 valence electrons. The summed E-state index contributed by atoms with van der Waals surface area (Å²) >= 11 is 0. The Morgan fingerprint density at radius 2 is 1.74 bits per heavy atom. The molecule has 1 aliphatic heterocycles. The summed E-state index contributed by atoms with van der Waals surface area (Å²) in [4.78, 5) is 14.6. The number of ether oxygens (including phenoxy) is 1. The minimum atomic E-state index is -3.78. The molecule has 2 atom stereocenters. The molecule has 1 aliphatic rings. The van der Waals surface area contributed by atoms with E-state index in [0.29, 0.717) is 24.3 Å². The third kappa shape index (κ3) is 4.67. The highest BCUT2D eigenvalue weighted by molar-refractivity contribution is 7.92. The average Bonchev–Trinajstić information content (AvgIpc) is 2.60. The first-order valence-corrected chi connectivity index (χ1v) is 10.4. The summed E-state index contributed by atoms with van der Waals surface area (Å²) in [6.45, 7) is 6.70. The summed E-state index contributed by atoms with van der Waals surface area (Å²) < 4.78 is 33.6. The molecule has 3 rings (SSSR count). The van der Waals surface area contributed by atoms with Crippen molar-refractivity contribution in [2.45, 2.75) is 37.9 Å². The van der Waals surface area contributed by atoms with Crippen LogP contribution in [-0.4, -0.2) is 44.5 Å². The van der Waals surface area contributed by atoms with Gasteiger partial charge in [-0.1, -0.05) is 18.2 Å². The Balaban J connectivity index is 1.83. The predicted molar refractivity (Wildman–Crippen MR) is 104 cm³/mol. The van der Waals surface area contributed by atoms with E-state index in [1.54, 1.807) is 35.2 Å². The second kappa shape index (κ2) is 7.70. The Hall–Kier alpha value is -2.38. The third-order valence-corrected chi connectivity index (χ3v) is 5.75. The normalized spacial score (nSPS) is 20.3. The molecule has 0 spiro atoms. The van der Waals surface area contributed by atoms with Gasteiger partial charge in [-0.2, -0.15) is 0 Å². The molecule has 0 unspecified atom stereocenters. The van der Waals surface area contributed by atoms with E-state index in [-0.39, 0.29) is 23.0 Å². The lowest BCUT2D eigenvalue weighted by Crippen LogP contribution is -2.48. The quantitative estimate of drug-likeness (QED) is 0.873. The van der Waals surface area contributed by atoms with Crippen LogP contribution in [0, 0.1) is 6.92 Å². The molecule has 1 amide bonds. The number of hydrogen-bond acceptors (Lipinski definition) is 4. The lowest BCUT2D eigenvalue weighted by Gasteiger charge is -2.35. The van der Waals surface area contributed by atoms with E-state index in [0.717, 1.165) is 5.56 Å². The molecule has 6 nitrogen and oxygen atoms in total. The number of morpholine rings is 1. The van der Waals surface area contributed by atoms with Gasteiger partial charge in [-0.3, -0.25) is 9.52 Å². The topological polar surface area (TPSA) is 75.7 Å². The molecule has 2 aromatic carbocycles. The molecule has 0 aromatic heterocycles. The third-order valence-electron chi connectivity index (χ3n) is 4.37. The summed E-state index contributed by atoms with van der Waals surface area (Å²) in [5, 5.41) is 0. The van der Waals surface area contributed by atoms with Gasteiger partial charge in [0.15, 0.2) is 0 Å². The van der Waals surface area contributed by atoms with E-state index in [1.807, 2.05) is 26.8 Å². The van der Waals surface area contributed by atoms with Gasteiger partial charge < -0.3 is 9.64 Å². The number of rotatable bonds is 4. The number of anilines is 1. The largest absolute Gasteiger partial charge is 0.372 e. The molecule has 0 radical (unpaired) electrons. The van der Waals surface area contributed by atoms with E-state index in [9.17, 15) is 13.2 Å². The Morgan fingerprint density at radius 1 is 1.07 bits per heavy atom. The molecule has 1 saturated heterocycles. The van der Waals surface area contributed by atoms with Gasteiger partial charge in [-0.25, -0.2) is 8.42 Å². The molecule has 7 heteroatoms. The highest BCUT2D eigenvalue weighted by atomic mass is 32.2. The van der Waals surface area contributed by atoms with Crippen molar-refractivity contribution in [1.29, 1.82) is 0 Å². The zero-order valence-corrected chi connectivity index (χ0v) is 16.5. The van der Waals surface area contributed by atoms with Crippen molar-refractivity contribution in [2.75, 3.05) is 17.8 Å². The second-order valence-electron chi connectivity index (χ2n) is 6.97. The van der Waals surface area contributed by atoms with Crippen molar-refractivity contribution in [3.63, 3.8) is 0 Å². The van der Waals surface area contributed by atoms with Gasteiger partial charge in [-0.15, -0.1) is 0 Å². The van der Waals surface area contributed by atoms with Crippen LogP contribution in [0.4, 0.5) is 5.69 Å². The maximum Gasteiger partial charge on any atom is 0.261 e. The van der Waals surface area contributed by atoms with Crippen molar-refractivity contribution < 1.29 is 17.9 Å². The molecule has 1 heterocycles. The standard InChI is InChI=1S/C20H24N2O4S/c1-14-6-4-8-18(10-14)21-27(24,25)19-9-5-7-17(11-19)20(23)22-12-15(2)26-16(3)13-22/h4-11,15-16,21H,12-13H2,1-3H3/t15-,16+. The van der Waals surface area contributed by atoms with Crippen molar-refractivity contribution >= 4 is 21.6 Å². The Morgan fingerprint density at radius 3 is 2.41 bits per heavy atom. The second-order valence-corrected chi connectivity index (χ2v) is 8.65. The van der Waals surface area contributed by atoms with Crippen LogP contribution in [0.2, 0.25) is 0 Å². The minimum absolute atomic E-state index is 0.0485. The zero-order valence-electron chi connectivity index (χ0n) is 15.7. The van der Waals surface area contributed by atoms with Crippen LogP contribution in [0.25, 0.3) is 0 Å². The average molecular weight is 388 g/mol. The van der Waals surface area contributed by atoms with Crippen LogP contribution in [0.1, 0.15) is 29.8 Å². The Labute approximate surface area is 160 Å². The van der Waals surface area contributed by atoms with Gasteiger partial charge in [0.2, 0.25) is 0 Å². The fourth-order valence-corrected chi connectivity index (χ4v) is 4.34. The first-order valence-electron chi connectivity index (χ1n) is 8.89. The van der Waals surface area contributed by atoms with Gasteiger partial charge in [0.05, 0.1) is 17.1 Å². The number of sulfonamides is 1. The van der Waals surface area contributed by atoms with Crippen molar-refractivity contribution in [2.24, 2.45) is 0 Å². The van der Waals surface area contributed by atoms with Crippen molar-refractivity contribution in [3.05, 3.63) is 59.7 Å². The van der Waals surface area contributed by atoms with Crippen LogP contribution >= 0.6 is 0 Å². The van der Waals surface area contributed by atoms with Gasteiger partial charge in [-0.05, 0) is 56.7 Å². The molecular weight excluding hydrogens is 364 g/mol. The highest BCUT2D eigenvalue weighted by Gasteiger charge is 2.27. The molecule has 1 fully saturated rings. The van der Waals surface area contributed by atoms with E-state index in [2.05, 4.69) is 4.72 Å². The highest BCUT2D eigenvalue weighted by Crippen LogP contribution is 2.20. The van der Waals surface area contributed by atoms with Crippen LogP contribution in [0.5, 0.6) is 0 Å². The summed E-state index contributed by atoms with van der Waals surface area (Å²) in [5.41, 5.74) is 1.79. The van der Waals surface area contributed by atoms with E-state index < -0.39 is 10.0 Å². The summed E-state index contributed by atoms with van der Waals surface area (Å²) in [7, 11) is -3.78. The maximum atomic E-state index is 12.8. The number of aryl methyl sites for hydroxylation is 1. The Kier molecular flexibility index (Phi) is 5.53.